The van der Waals surface area contributed by atoms with Gasteiger partial charge < -0.3 is 14.2 Å². The molecule has 0 N–H and O–H groups in total. The monoisotopic (exact) mass is 521 g/mol. The molecule has 0 aliphatic rings. The van der Waals surface area contributed by atoms with Crippen molar-refractivity contribution >= 4 is 17.7 Å². The lowest BCUT2D eigenvalue weighted by Crippen LogP contribution is -2.40. The van der Waals surface area contributed by atoms with E-state index in [1.807, 2.05) is 38.1 Å². The van der Waals surface area contributed by atoms with Gasteiger partial charge in [-0.3, -0.25) is 14.2 Å². The van der Waals surface area contributed by atoms with Gasteiger partial charge in [-0.2, -0.15) is 0 Å². The molecule has 0 fully saturated rings. The van der Waals surface area contributed by atoms with Crippen LogP contribution in [-0.2, 0) is 23.1 Å². The van der Waals surface area contributed by atoms with Gasteiger partial charge in [0.15, 0.2) is 0 Å². The predicted octanol–water partition coefficient (Wildman–Crippen LogP) is 4.19. The summed E-state index contributed by atoms with van der Waals surface area (Å²) < 4.78 is 18.2. The number of hydrogen-bond donors (Lipinski definition) is 0. The van der Waals surface area contributed by atoms with Crippen molar-refractivity contribution < 1.29 is 19.0 Å². The number of ether oxygens (including phenoxy) is 3. The number of esters is 1. The zero-order valence-corrected chi connectivity index (χ0v) is 22.9. The SMILES string of the molecule is CCCCCCCn1nc(OCCCOc2cccc(SC(C)(C)C(=O)OCC)c2)c(=O)n(C)c1=O. The number of benzene rings is 1. The van der Waals surface area contributed by atoms with Gasteiger partial charge >= 0.3 is 17.2 Å². The third kappa shape index (κ3) is 9.04. The van der Waals surface area contributed by atoms with E-state index in [0.717, 1.165) is 35.1 Å². The maximum Gasteiger partial charge on any atom is 0.347 e. The van der Waals surface area contributed by atoms with E-state index in [1.54, 1.807) is 6.92 Å². The summed E-state index contributed by atoms with van der Waals surface area (Å²) in [6.07, 6.45) is 5.79. The highest BCUT2D eigenvalue weighted by molar-refractivity contribution is 8.01. The van der Waals surface area contributed by atoms with Crippen molar-refractivity contribution in [3.8, 4) is 11.6 Å². The molecule has 0 unspecified atom stereocenters. The summed E-state index contributed by atoms with van der Waals surface area (Å²) in [5, 5.41) is 4.15. The molecule has 1 aromatic heterocycles. The molecular weight excluding hydrogens is 482 g/mol. The first-order valence-electron chi connectivity index (χ1n) is 12.6. The minimum Gasteiger partial charge on any atom is -0.493 e. The maximum absolute atomic E-state index is 12.4. The van der Waals surface area contributed by atoms with Gasteiger partial charge in [0.05, 0.1) is 19.8 Å². The third-order valence-electron chi connectivity index (χ3n) is 5.42. The van der Waals surface area contributed by atoms with Crippen molar-refractivity contribution in [3.05, 3.63) is 45.1 Å². The number of carbonyl (C=O) groups is 1. The van der Waals surface area contributed by atoms with E-state index < -0.39 is 16.0 Å². The Kier molecular flexibility index (Phi) is 12.1. The van der Waals surface area contributed by atoms with Gasteiger partial charge in [0.25, 0.3) is 5.88 Å². The molecule has 36 heavy (non-hydrogen) atoms. The molecular formula is C26H39N3O6S. The first-order chi connectivity index (χ1) is 17.2. The summed E-state index contributed by atoms with van der Waals surface area (Å²) in [6.45, 7) is 8.99. The fourth-order valence-electron chi connectivity index (χ4n) is 3.39. The molecule has 1 aromatic carbocycles. The van der Waals surface area contributed by atoms with Crippen molar-refractivity contribution in [1.29, 1.82) is 0 Å². The first kappa shape index (κ1) is 29.5. The van der Waals surface area contributed by atoms with Crippen molar-refractivity contribution in [2.24, 2.45) is 7.05 Å². The van der Waals surface area contributed by atoms with E-state index in [0.29, 0.717) is 31.9 Å². The minimum atomic E-state index is -0.715. The molecule has 200 valence electrons. The predicted molar refractivity (Wildman–Crippen MR) is 141 cm³/mol. The standard InChI is InChI=1S/C26H39N3O6S/c1-6-8-9-10-11-16-29-25(32)28(5)23(30)22(27-29)35-18-13-17-34-20-14-12-15-21(19-20)36-26(3,4)24(31)33-7-2/h12,14-15,19H,6-11,13,16-18H2,1-5H3. The van der Waals surface area contributed by atoms with Gasteiger partial charge in [-0.15, -0.1) is 16.9 Å². The van der Waals surface area contributed by atoms with Crippen LogP contribution in [0.25, 0.3) is 0 Å². The van der Waals surface area contributed by atoms with Crippen LogP contribution >= 0.6 is 11.8 Å². The molecule has 0 saturated carbocycles. The quantitative estimate of drug-likeness (QED) is 0.184. The number of rotatable bonds is 16. The molecule has 0 amide bonds. The van der Waals surface area contributed by atoms with E-state index in [9.17, 15) is 14.4 Å². The van der Waals surface area contributed by atoms with Crippen molar-refractivity contribution in [2.75, 3.05) is 19.8 Å². The van der Waals surface area contributed by atoms with Crippen LogP contribution in [-0.4, -0.2) is 44.9 Å². The molecule has 2 rings (SSSR count). The van der Waals surface area contributed by atoms with Crippen LogP contribution in [0.15, 0.2) is 38.8 Å². The lowest BCUT2D eigenvalue weighted by Gasteiger charge is -2.21. The molecule has 0 aliphatic carbocycles. The molecule has 0 aliphatic heterocycles. The lowest BCUT2D eigenvalue weighted by molar-refractivity contribution is -0.145. The average Bonchev–Trinajstić information content (AvgIpc) is 2.84. The Morgan fingerprint density at radius 1 is 1.03 bits per heavy atom. The Labute approximate surface area is 217 Å². The highest BCUT2D eigenvalue weighted by atomic mass is 32.2. The highest BCUT2D eigenvalue weighted by Crippen LogP contribution is 2.35. The number of aryl methyl sites for hydroxylation is 1. The van der Waals surface area contributed by atoms with E-state index in [-0.39, 0.29) is 18.5 Å². The number of hydrogen-bond acceptors (Lipinski definition) is 8. The topological polar surface area (TPSA) is 102 Å². The Morgan fingerprint density at radius 2 is 1.75 bits per heavy atom. The molecule has 0 saturated heterocycles. The molecule has 0 spiro atoms. The molecule has 2 aromatic rings. The van der Waals surface area contributed by atoms with E-state index in [4.69, 9.17) is 14.2 Å². The number of carbonyl (C=O) groups excluding carboxylic acids is 1. The van der Waals surface area contributed by atoms with Crippen LogP contribution < -0.4 is 20.7 Å². The summed E-state index contributed by atoms with van der Waals surface area (Å²) in [5.74, 6) is 0.330. The third-order valence-corrected chi connectivity index (χ3v) is 6.59. The molecule has 0 atom stereocenters. The summed E-state index contributed by atoms with van der Waals surface area (Å²) in [6, 6.07) is 7.51. The number of aromatic nitrogens is 3. The Balaban J connectivity index is 1.87. The maximum atomic E-state index is 12.4. The number of nitrogens with zero attached hydrogens (tertiary/aromatic N) is 3. The fraction of sp³-hybridized carbons (Fsp3) is 0.615. The van der Waals surface area contributed by atoms with E-state index in [2.05, 4.69) is 12.0 Å². The second-order valence-electron chi connectivity index (χ2n) is 8.95. The van der Waals surface area contributed by atoms with Crippen molar-refractivity contribution in [1.82, 2.24) is 14.3 Å². The average molecular weight is 522 g/mol. The minimum absolute atomic E-state index is 0.0785. The summed E-state index contributed by atoms with van der Waals surface area (Å²) >= 11 is 1.41. The fourth-order valence-corrected chi connectivity index (χ4v) is 4.44. The van der Waals surface area contributed by atoms with Crippen LogP contribution in [0.3, 0.4) is 0 Å². The first-order valence-corrected chi connectivity index (χ1v) is 13.4. The molecule has 0 radical (unpaired) electrons. The van der Waals surface area contributed by atoms with Gasteiger partial charge in [-0.1, -0.05) is 38.7 Å². The second-order valence-corrected chi connectivity index (χ2v) is 10.6. The zero-order chi connectivity index (χ0) is 26.6. The van der Waals surface area contributed by atoms with Crippen molar-refractivity contribution in [3.63, 3.8) is 0 Å². The zero-order valence-electron chi connectivity index (χ0n) is 22.1. The van der Waals surface area contributed by atoms with Crippen LogP contribution in [0.1, 0.15) is 66.2 Å². The Morgan fingerprint density at radius 3 is 2.47 bits per heavy atom. The summed E-state index contributed by atoms with van der Waals surface area (Å²) in [5.41, 5.74) is -0.979. The molecule has 9 nitrogen and oxygen atoms in total. The summed E-state index contributed by atoms with van der Waals surface area (Å²) in [7, 11) is 1.43. The highest BCUT2D eigenvalue weighted by Gasteiger charge is 2.30. The lowest BCUT2D eigenvalue weighted by atomic mass is 10.1. The van der Waals surface area contributed by atoms with Gasteiger partial charge in [0.1, 0.15) is 10.5 Å². The summed E-state index contributed by atoms with van der Waals surface area (Å²) in [4.78, 5) is 37.8. The van der Waals surface area contributed by atoms with Crippen molar-refractivity contribution in [2.45, 2.75) is 82.4 Å². The van der Waals surface area contributed by atoms with Crippen LogP contribution in [0, 0.1) is 0 Å². The van der Waals surface area contributed by atoms with E-state index >= 15 is 0 Å². The van der Waals surface area contributed by atoms with Crippen LogP contribution in [0.2, 0.25) is 0 Å². The normalized spacial score (nSPS) is 11.4. The van der Waals surface area contributed by atoms with Gasteiger partial charge in [0, 0.05) is 24.9 Å². The number of unbranched alkanes of at least 4 members (excludes halogenated alkanes) is 4. The Bertz CT molecular complexity index is 1100. The van der Waals surface area contributed by atoms with Gasteiger partial charge in [0.2, 0.25) is 0 Å². The van der Waals surface area contributed by atoms with Crippen LogP contribution in [0.5, 0.6) is 11.6 Å². The molecule has 10 heteroatoms. The van der Waals surface area contributed by atoms with E-state index in [1.165, 1.54) is 29.9 Å². The van der Waals surface area contributed by atoms with Crippen LogP contribution in [0.4, 0.5) is 0 Å². The number of thioether (sulfide) groups is 1. The van der Waals surface area contributed by atoms with Gasteiger partial charge in [-0.25, -0.2) is 9.48 Å². The Hall–Kier alpha value is -2.75. The second kappa shape index (κ2) is 14.7. The molecule has 1 heterocycles. The molecule has 0 bridgehead atoms. The van der Waals surface area contributed by atoms with Gasteiger partial charge in [-0.05, 0) is 45.4 Å². The smallest absolute Gasteiger partial charge is 0.347 e. The largest absolute Gasteiger partial charge is 0.493 e.